The lowest BCUT2D eigenvalue weighted by atomic mass is 10.0. The van der Waals surface area contributed by atoms with Crippen molar-refractivity contribution < 1.29 is 0 Å². The minimum absolute atomic E-state index is 0.602. The second-order valence-corrected chi connectivity index (χ2v) is 8.76. The first-order chi connectivity index (χ1) is 14.8. The maximum absolute atomic E-state index is 4.82. The van der Waals surface area contributed by atoms with Gasteiger partial charge in [0, 0.05) is 12.1 Å². The van der Waals surface area contributed by atoms with E-state index in [0.717, 1.165) is 59.9 Å². The van der Waals surface area contributed by atoms with Crippen molar-refractivity contribution >= 4 is 22.1 Å². The fourth-order valence-corrected chi connectivity index (χ4v) is 5.51. The van der Waals surface area contributed by atoms with Crippen LogP contribution in [0.4, 0.5) is 0 Å². The highest BCUT2D eigenvalue weighted by molar-refractivity contribution is 5.75. The van der Waals surface area contributed by atoms with E-state index in [-0.39, 0.29) is 0 Å². The molecule has 0 aliphatic carbocycles. The minimum Gasteiger partial charge on any atom is -0.341 e. The van der Waals surface area contributed by atoms with Crippen LogP contribution in [0.5, 0.6) is 0 Å². The number of para-hydroxylation sites is 4. The summed E-state index contributed by atoms with van der Waals surface area (Å²) in [4.78, 5) is 22.0. The van der Waals surface area contributed by atoms with Gasteiger partial charge in [-0.3, -0.25) is 9.80 Å². The Morgan fingerprint density at radius 3 is 1.63 bits per heavy atom. The predicted octanol–water partition coefficient (Wildman–Crippen LogP) is 4.07. The van der Waals surface area contributed by atoms with E-state index in [1.165, 1.54) is 25.7 Å². The van der Waals surface area contributed by atoms with Gasteiger partial charge in [-0.1, -0.05) is 24.3 Å². The highest BCUT2D eigenvalue weighted by Crippen LogP contribution is 2.32. The number of aromatic nitrogens is 4. The van der Waals surface area contributed by atoms with Gasteiger partial charge in [-0.25, -0.2) is 9.97 Å². The first-order valence-electron chi connectivity index (χ1n) is 11.2. The fraction of sp³-hybridized carbons (Fsp3) is 0.417. The summed E-state index contributed by atoms with van der Waals surface area (Å²) in [5.41, 5.74) is 4.40. The molecule has 2 fully saturated rings. The van der Waals surface area contributed by atoms with Crippen molar-refractivity contribution in [1.82, 2.24) is 29.7 Å². The van der Waals surface area contributed by atoms with E-state index < -0.39 is 0 Å². The molecule has 154 valence electrons. The van der Waals surface area contributed by atoms with Crippen LogP contribution in [0.2, 0.25) is 0 Å². The molecule has 2 atom stereocenters. The molecule has 6 heteroatoms. The molecule has 2 aromatic heterocycles. The molecule has 0 saturated carbocycles. The molecule has 6 nitrogen and oxygen atoms in total. The highest BCUT2D eigenvalue weighted by atomic mass is 15.3. The number of benzene rings is 2. The van der Waals surface area contributed by atoms with Gasteiger partial charge in [-0.05, 0) is 63.0 Å². The van der Waals surface area contributed by atoms with E-state index >= 15 is 0 Å². The molecule has 0 spiro atoms. The first-order valence-corrected chi connectivity index (χ1v) is 11.2. The molecular weight excluding hydrogens is 372 g/mol. The third-order valence-electron chi connectivity index (χ3n) is 6.86. The Kier molecular flexibility index (Phi) is 4.54. The number of likely N-dealkylation sites (tertiary alicyclic amines) is 2. The zero-order valence-electron chi connectivity index (χ0n) is 17.2. The van der Waals surface area contributed by atoms with E-state index in [0.29, 0.717) is 12.1 Å². The molecule has 4 heterocycles. The summed E-state index contributed by atoms with van der Waals surface area (Å²) in [7, 11) is 0. The summed E-state index contributed by atoms with van der Waals surface area (Å²) in [5.74, 6) is 2.18. The predicted molar refractivity (Wildman–Crippen MR) is 119 cm³/mol. The van der Waals surface area contributed by atoms with Crippen LogP contribution in [-0.2, 0) is 13.1 Å². The van der Waals surface area contributed by atoms with Gasteiger partial charge in [0.15, 0.2) is 0 Å². The lowest BCUT2D eigenvalue weighted by Crippen LogP contribution is -2.45. The van der Waals surface area contributed by atoms with Crippen molar-refractivity contribution in [1.29, 1.82) is 0 Å². The highest BCUT2D eigenvalue weighted by Gasteiger charge is 2.38. The number of nitrogens with one attached hydrogen (secondary N) is 2. The summed E-state index contributed by atoms with van der Waals surface area (Å²) < 4.78 is 0. The SMILES string of the molecule is c1ccc2[nH]c(CN3CCC[C@H]3[C@@H]3CCCN3Cc3nc4ccccc4[nH]3)nc2c1. The number of hydrogen-bond donors (Lipinski definition) is 2. The van der Waals surface area contributed by atoms with Crippen molar-refractivity contribution in [3.63, 3.8) is 0 Å². The Labute approximate surface area is 176 Å². The maximum Gasteiger partial charge on any atom is 0.121 e. The molecule has 0 unspecified atom stereocenters. The lowest BCUT2D eigenvalue weighted by molar-refractivity contribution is 0.121. The zero-order chi connectivity index (χ0) is 19.9. The van der Waals surface area contributed by atoms with Crippen LogP contribution in [0, 0.1) is 0 Å². The Bertz CT molecular complexity index is 1000. The number of aromatic amines is 2. The topological polar surface area (TPSA) is 63.8 Å². The molecule has 2 N–H and O–H groups in total. The van der Waals surface area contributed by atoms with Crippen molar-refractivity contribution in [3.8, 4) is 0 Å². The normalized spacial score (nSPS) is 23.2. The molecule has 0 amide bonds. The van der Waals surface area contributed by atoms with Gasteiger partial charge in [-0.2, -0.15) is 0 Å². The number of fused-ring (bicyclic) bond motifs is 2. The smallest absolute Gasteiger partial charge is 0.121 e. The van der Waals surface area contributed by atoms with Gasteiger partial charge >= 0.3 is 0 Å². The molecule has 2 aromatic carbocycles. The Hall–Kier alpha value is -2.70. The number of rotatable bonds is 5. The molecule has 2 aliphatic rings. The van der Waals surface area contributed by atoms with Crippen LogP contribution in [0.1, 0.15) is 37.3 Å². The molecule has 2 aliphatic heterocycles. The second kappa shape index (κ2) is 7.52. The number of nitrogens with zero attached hydrogens (tertiary/aromatic N) is 4. The molecule has 0 radical (unpaired) electrons. The van der Waals surface area contributed by atoms with E-state index in [2.05, 4.69) is 68.3 Å². The quantitative estimate of drug-likeness (QED) is 0.530. The van der Waals surface area contributed by atoms with Crippen molar-refractivity contribution in [2.24, 2.45) is 0 Å². The lowest BCUT2D eigenvalue weighted by Gasteiger charge is -2.34. The number of hydrogen-bond acceptors (Lipinski definition) is 4. The summed E-state index contributed by atoms with van der Waals surface area (Å²) in [5, 5.41) is 0. The second-order valence-electron chi connectivity index (χ2n) is 8.76. The van der Waals surface area contributed by atoms with Gasteiger partial charge in [0.05, 0.1) is 35.2 Å². The van der Waals surface area contributed by atoms with Gasteiger partial charge in [0.2, 0.25) is 0 Å². The molecule has 4 aromatic rings. The van der Waals surface area contributed by atoms with Crippen LogP contribution in [0.15, 0.2) is 48.5 Å². The van der Waals surface area contributed by atoms with Crippen LogP contribution in [0.25, 0.3) is 22.1 Å². The summed E-state index contributed by atoms with van der Waals surface area (Å²) in [6.45, 7) is 4.15. The molecule has 6 rings (SSSR count). The van der Waals surface area contributed by atoms with Crippen molar-refractivity contribution in [2.45, 2.75) is 50.9 Å². The molecule has 30 heavy (non-hydrogen) atoms. The third kappa shape index (κ3) is 3.30. The number of imidazole rings is 2. The van der Waals surface area contributed by atoms with Crippen molar-refractivity contribution in [3.05, 3.63) is 60.2 Å². The molecule has 2 saturated heterocycles. The van der Waals surface area contributed by atoms with E-state index in [9.17, 15) is 0 Å². The van der Waals surface area contributed by atoms with Gasteiger partial charge in [0.25, 0.3) is 0 Å². The standard InChI is InChI=1S/C24H28N6/c1-2-8-18-17(7-1)25-23(26-18)15-29-13-5-11-21(29)22-12-6-14-30(22)16-24-27-19-9-3-4-10-20(19)28-24/h1-4,7-10,21-22H,5-6,11-16H2,(H,25,26)(H,27,28)/t21-,22-/m0/s1. The van der Waals surface area contributed by atoms with E-state index in [1.807, 2.05) is 0 Å². The summed E-state index contributed by atoms with van der Waals surface area (Å²) in [6, 6.07) is 17.8. The van der Waals surface area contributed by atoms with Crippen LogP contribution >= 0.6 is 0 Å². The summed E-state index contributed by atoms with van der Waals surface area (Å²) >= 11 is 0. The zero-order valence-corrected chi connectivity index (χ0v) is 17.2. The van der Waals surface area contributed by atoms with Crippen molar-refractivity contribution in [2.75, 3.05) is 13.1 Å². The van der Waals surface area contributed by atoms with Gasteiger partial charge in [-0.15, -0.1) is 0 Å². The van der Waals surface area contributed by atoms with Crippen LogP contribution in [0.3, 0.4) is 0 Å². The largest absolute Gasteiger partial charge is 0.341 e. The van der Waals surface area contributed by atoms with Gasteiger partial charge in [0.1, 0.15) is 11.6 Å². The van der Waals surface area contributed by atoms with Crippen LogP contribution < -0.4 is 0 Å². The first kappa shape index (κ1) is 18.1. The van der Waals surface area contributed by atoms with E-state index in [4.69, 9.17) is 9.97 Å². The average molecular weight is 401 g/mol. The Morgan fingerprint density at radius 2 is 1.17 bits per heavy atom. The summed E-state index contributed by atoms with van der Waals surface area (Å²) in [6.07, 6.45) is 5.11. The van der Waals surface area contributed by atoms with E-state index in [1.54, 1.807) is 0 Å². The maximum atomic E-state index is 4.82. The average Bonchev–Trinajstić information content (AvgIpc) is 3.53. The fourth-order valence-electron chi connectivity index (χ4n) is 5.51. The molecular formula is C24H28N6. The molecule has 0 bridgehead atoms. The third-order valence-corrected chi connectivity index (χ3v) is 6.86. The number of H-pyrrole nitrogens is 2. The van der Waals surface area contributed by atoms with Crippen LogP contribution in [-0.4, -0.2) is 54.9 Å². The van der Waals surface area contributed by atoms with Gasteiger partial charge < -0.3 is 9.97 Å². The Balaban J connectivity index is 1.19. The minimum atomic E-state index is 0.602. The monoisotopic (exact) mass is 400 g/mol. The Morgan fingerprint density at radius 1 is 0.700 bits per heavy atom.